The molecule has 0 radical (unpaired) electrons. The highest BCUT2D eigenvalue weighted by Crippen LogP contribution is 2.24. The van der Waals surface area contributed by atoms with Crippen molar-refractivity contribution in [1.82, 2.24) is 4.72 Å². The lowest BCUT2D eigenvalue weighted by Gasteiger charge is -2.18. The number of carboxylic acid groups (broad SMARTS) is 1. The molecule has 1 atom stereocenters. The fraction of sp³-hybridized carbons (Fsp3) is 0.500. The van der Waals surface area contributed by atoms with E-state index in [1.165, 1.54) is 19.2 Å². The minimum atomic E-state index is -3.87. The van der Waals surface area contributed by atoms with Crippen LogP contribution < -0.4 is 10.0 Å². The summed E-state index contributed by atoms with van der Waals surface area (Å²) < 4.78 is 32.4. The number of aromatic carboxylic acids is 1. The van der Waals surface area contributed by atoms with Crippen LogP contribution in [0.25, 0.3) is 0 Å². The molecule has 1 rings (SSSR count). The Morgan fingerprint density at radius 3 is 2.45 bits per heavy atom. The number of anilines is 1. The zero-order valence-electron chi connectivity index (χ0n) is 13.1. The topological polar surface area (TPSA) is 105 Å². The third-order valence-corrected chi connectivity index (χ3v) is 4.36. The van der Waals surface area contributed by atoms with Crippen molar-refractivity contribution in [3.8, 4) is 0 Å². The van der Waals surface area contributed by atoms with Crippen molar-refractivity contribution in [2.75, 3.05) is 19.0 Å². The summed E-state index contributed by atoms with van der Waals surface area (Å²) in [6.45, 7) is 5.60. The van der Waals surface area contributed by atoms with E-state index in [1.54, 1.807) is 6.92 Å². The summed E-state index contributed by atoms with van der Waals surface area (Å²) in [6.07, 6.45) is 0. The Balaban J connectivity index is 3.27. The second-order valence-corrected chi connectivity index (χ2v) is 6.98. The number of hydrogen-bond donors (Lipinski definition) is 3. The van der Waals surface area contributed by atoms with Gasteiger partial charge in [0.15, 0.2) is 0 Å². The maximum Gasteiger partial charge on any atom is 0.335 e. The number of nitrogens with one attached hydrogen (secondary N) is 2. The normalized spacial score (nSPS) is 13.1. The molecule has 0 amide bonds. The number of hydrogen-bond acceptors (Lipinski definition) is 5. The van der Waals surface area contributed by atoms with Crippen LogP contribution in [0.4, 0.5) is 5.69 Å². The van der Waals surface area contributed by atoms with Gasteiger partial charge in [0, 0.05) is 19.2 Å². The second kappa shape index (κ2) is 7.57. The Hall–Kier alpha value is -1.64. The highest BCUT2D eigenvalue weighted by Gasteiger charge is 2.23. The van der Waals surface area contributed by atoms with Crippen LogP contribution in [0.2, 0.25) is 0 Å². The molecule has 0 aliphatic rings. The van der Waals surface area contributed by atoms with E-state index < -0.39 is 22.0 Å². The molecule has 0 aliphatic carbocycles. The number of carbonyl (C=O) groups is 1. The highest BCUT2D eigenvalue weighted by molar-refractivity contribution is 7.89. The first-order valence-corrected chi connectivity index (χ1v) is 8.31. The summed E-state index contributed by atoms with van der Waals surface area (Å²) in [5.74, 6) is -1.18. The molecule has 22 heavy (non-hydrogen) atoms. The van der Waals surface area contributed by atoms with E-state index in [2.05, 4.69) is 10.0 Å². The molecule has 0 spiro atoms. The lowest BCUT2D eigenvalue weighted by molar-refractivity contribution is 0.0696. The van der Waals surface area contributed by atoms with Crippen LogP contribution in [0.15, 0.2) is 23.1 Å². The molecule has 0 saturated carbocycles. The van der Waals surface area contributed by atoms with Crippen molar-refractivity contribution in [1.29, 1.82) is 0 Å². The largest absolute Gasteiger partial charge is 0.478 e. The van der Waals surface area contributed by atoms with Crippen molar-refractivity contribution in [2.45, 2.75) is 37.8 Å². The van der Waals surface area contributed by atoms with E-state index in [1.807, 2.05) is 13.8 Å². The minimum absolute atomic E-state index is 0.000951. The van der Waals surface area contributed by atoms with Gasteiger partial charge in [-0.15, -0.1) is 0 Å². The summed E-state index contributed by atoms with van der Waals surface area (Å²) in [5, 5.41) is 12.1. The van der Waals surface area contributed by atoms with Crippen molar-refractivity contribution in [3.05, 3.63) is 23.8 Å². The van der Waals surface area contributed by atoms with Gasteiger partial charge in [-0.2, -0.15) is 0 Å². The van der Waals surface area contributed by atoms with Crippen molar-refractivity contribution in [2.24, 2.45) is 0 Å². The van der Waals surface area contributed by atoms with Crippen LogP contribution in [0.3, 0.4) is 0 Å². The van der Waals surface area contributed by atoms with Crippen LogP contribution in [0.5, 0.6) is 0 Å². The summed E-state index contributed by atoms with van der Waals surface area (Å²) in [7, 11) is -2.40. The predicted molar refractivity (Wildman–Crippen MR) is 83.8 cm³/mol. The average molecular weight is 330 g/mol. The van der Waals surface area contributed by atoms with E-state index >= 15 is 0 Å². The SMILES string of the molecule is COCC(C)NS(=O)(=O)c1cc(C(=O)O)ccc1NC(C)C. The summed E-state index contributed by atoms with van der Waals surface area (Å²) in [5.41, 5.74) is 0.270. The summed E-state index contributed by atoms with van der Waals surface area (Å²) in [4.78, 5) is 11.0. The van der Waals surface area contributed by atoms with Crippen LogP contribution in [-0.2, 0) is 14.8 Å². The van der Waals surface area contributed by atoms with E-state index in [0.717, 1.165) is 6.07 Å². The molecule has 0 fully saturated rings. The molecule has 7 nitrogen and oxygen atoms in total. The molecule has 8 heteroatoms. The van der Waals surface area contributed by atoms with Gasteiger partial charge < -0.3 is 15.2 Å². The van der Waals surface area contributed by atoms with Gasteiger partial charge in [0.05, 0.1) is 17.9 Å². The second-order valence-electron chi connectivity index (χ2n) is 5.29. The summed E-state index contributed by atoms with van der Waals surface area (Å²) >= 11 is 0. The van der Waals surface area contributed by atoms with Crippen LogP contribution >= 0.6 is 0 Å². The molecule has 0 saturated heterocycles. The zero-order chi connectivity index (χ0) is 16.9. The number of rotatable bonds is 8. The van der Waals surface area contributed by atoms with Crippen molar-refractivity contribution in [3.63, 3.8) is 0 Å². The Bertz CT molecular complexity index is 628. The monoisotopic (exact) mass is 330 g/mol. The zero-order valence-corrected chi connectivity index (χ0v) is 13.9. The van der Waals surface area contributed by atoms with Crippen molar-refractivity contribution >= 4 is 21.7 Å². The molecule has 0 aliphatic heterocycles. The van der Waals surface area contributed by atoms with Gasteiger partial charge in [-0.25, -0.2) is 17.9 Å². The number of ether oxygens (including phenoxy) is 1. The molecule has 1 unspecified atom stereocenters. The first-order chi connectivity index (χ1) is 10.2. The molecular formula is C14H22N2O5S. The molecular weight excluding hydrogens is 308 g/mol. The number of benzene rings is 1. The number of methoxy groups -OCH3 is 1. The van der Waals surface area contributed by atoms with Gasteiger partial charge in [0.2, 0.25) is 10.0 Å². The molecule has 124 valence electrons. The van der Waals surface area contributed by atoms with E-state index in [9.17, 15) is 13.2 Å². The fourth-order valence-corrected chi connectivity index (χ4v) is 3.34. The Morgan fingerprint density at radius 2 is 1.95 bits per heavy atom. The highest BCUT2D eigenvalue weighted by atomic mass is 32.2. The van der Waals surface area contributed by atoms with E-state index in [4.69, 9.17) is 9.84 Å². The molecule has 0 aromatic heterocycles. The third kappa shape index (κ3) is 4.97. The Morgan fingerprint density at radius 1 is 1.32 bits per heavy atom. The molecule has 1 aromatic carbocycles. The maximum atomic E-state index is 12.5. The maximum absolute atomic E-state index is 12.5. The fourth-order valence-electron chi connectivity index (χ4n) is 1.92. The Kier molecular flexibility index (Phi) is 6.34. The van der Waals surface area contributed by atoms with Gasteiger partial charge in [0.25, 0.3) is 0 Å². The van der Waals surface area contributed by atoms with Crippen LogP contribution in [0.1, 0.15) is 31.1 Å². The third-order valence-electron chi connectivity index (χ3n) is 2.74. The Labute approximate surface area is 130 Å². The van der Waals surface area contributed by atoms with Crippen molar-refractivity contribution < 1.29 is 23.1 Å². The van der Waals surface area contributed by atoms with Crippen LogP contribution in [0, 0.1) is 0 Å². The molecule has 0 bridgehead atoms. The standard InChI is InChI=1S/C14H22N2O5S/c1-9(2)15-12-6-5-11(14(17)18)7-13(12)22(19,20)16-10(3)8-21-4/h5-7,9-10,15-16H,8H2,1-4H3,(H,17,18). The molecule has 0 heterocycles. The average Bonchev–Trinajstić information content (AvgIpc) is 2.37. The van der Waals surface area contributed by atoms with Gasteiger partial charge in [0.1, 0.15) is 4.90 Å². The lowest BCUT2D eigenvalue weighted by Crippen LogP contribution is -2.36. The van der Waals surface area contributed by atoms with Gasteiger partial charge in [-0.1, -0.05) is 0 Å². The number of sulfonamides is 1. The van der Waals surface area contributed by atoms with E-state index in [-0.39, 0.29) is 23.1 Å². The molecule has 1 aromatic rings. The van der Waals surface area contributed by atoms with Gasteiger partial charge >= 0.3 is 5.97 Å². The van der Waals surface area contributed by atoms with Gasteiger partial charge in [-0.05, 0) is 39.0 Å². The summed E-state index contributed by atoms with van der Waals surface area (Å²) in [6, 6.07) is 3.54. The van der Waals surface area contributed by atoms with Gasteiger partial charge in [-0.3, -0.25) is 0 Å². The first kappa shape index (κ1) is 18.4. The lowest BCUT2D eigenvalue weighted by atomic mass is 10.2. The quantitative estimate of drug-likeness (QED) is 0.667. The number of carboxylic acids is 1. The first-order valence-electron chi connectivity index (χ1n) is 6.82. The molecule has 3 N–H and O–H groups in total. The van der Waals surface area contributed by atoms with E-state index in [0.29, 0.717) is 5.69 Å². The minimum Gasteiger partial charge on any atom is -0.478 e. The van der Waals surface area contributed by atoms with Crippen LogP contribution in [-0.4, -0.2) is 45.3 Å². The smallest absolute Gasteiger partial charge is 0.335 e. The predicted octanol–water partition coefficient (Wildman–Crippen LogP) is 1.52.